The molecule has 0 unspecified atom stereocenters. The number of nitrogens with one attached hydrogen (secondary N) is 1. The first-order chi connectivity index (χ1) is 11.4. The Morgan fingerprint density at radius 3 is 2.67 bits per heavy atom. The van der Waals surface area contributed by atoms with Crippen LogP contribution in [0, 0.1) is 6.92 Å². The summed E-state index contributed by atoms with van der Waals surface area (Å²) in [5.74, 6) is -1.39. The summed E-state index contributed by atoms with van der Waals surface area (Å²) in [6, 6.07) is 9.61. The molecule has 0 radical (unpaired) electrons. The molecular weight excluding hydrogens is 321 g/mol. The van der Waals surface area contributed by atoms with Gasteiger partial charge in [-0.1, -0.05) is 18.2 Å². The van der Waals surface area contributed by atoms with E-state index in [1.54, 1.807) is 31.2 Å². The Labute approximate surface area is 135 Å². The van der Waals surface area contributed by atoms with E-state index in [1.807, 2.05) is 0 Å². The first-order valence-corrected chi connectivity index (χ1v) is 7.10. The number of hydrogen-bond donors (Lipinski definition) is 1. The lowest BCUT2D eigenvalue weighted by Crippen LogP contribution is -2.24. The molecule has 124 valence electrons. The molecule has 0 atom stereocenters. The second kappa shape index (κ2) is 5.95. The van der Waals surface area contributed by atoms with Crippen molar-refractivity contribution in [1.82, 2.24) is 14.5 Å². The number of alkyl halides is 3. The monoisotopic (exact) mass is 334 g/mol. The van der Waals surface area contributed by atoms with Crippen LogP contribution in [0.1, 0.15) is 11.4 Å². The fourth-order valence-corrected chi connectivity index (χ4v) is 2.38. The average molecular weight is 334 g/mol. The molecule has 0 aliphatic carbocycles. The highest BCUT2D eigenvalue weighted by atomic mass is 19.4. The van der Waals surface area contributed by atoms with Gasteiger partial charge in [-0.3, -0.25) is 4.79 Å². The molecule has 2 heterocycles. The Bertz CT molecular complexity index is 902. The van der Waals surface area contributed by atoms with Gasteiger partial charge in [-0.2, -0.15) is 13.2 Å². The smallest absolute Gasteiger partial charge is 0.311 e. The number of pyridine rings is 1. The zero-order valence-corrected chi connectivity index (χ0v) is 12.6. The van der Waals surface area contributed by atoms with Crippen molar-refractivity contribution in [2.75, 3.05) is 5.32 Å². The number of imidazole rings is 1. The van der Waals surface area contributed by atoms with Crippen LogP contribution in [0.2, 0.25) is 0 Å². The largest absolute Gasteiger partial charge is 0.449 e. The van der Waals surface area contributed by atoms with Crippen molar-refractivity contribution >= 4 is 22.8 Å². The minimum atomic E-state index is -4.65. The molecule has 0 bridgehead atoms. The predicted molar refractivity (Wildman–Crippen MR) is 82.3 cm³/mol. The highest BCUT2D eigenvalue weighted by molar-refractivity contribution is 5.91. The Morgan fingerprint density at radius 1 is 1.21 bits per heavy atom. The van der Waals surface area contributed by atoms with Crippen LogP contribution < -0.4 is 5.32 Å². The third kappa shape index (κ3) is 3.08. The van der Waals surface area contributed by atoms with Gasteiger partial charge in [0.1, 0.15) is 12.4 Å². The summed E-state index contributed by atoms with van der Waals surface area (Å²) in [5.41, 5.74) is 1.15. The fraction of sp³-hybridized carbons (Fsp3) is 0.188. The Morgan fingerprint density at radius 2 is 1.96 bits per heavy atom. The van der Waals surface area contributed by atoms with Gasteiger partial charge in [0, 0.05) is 6.20 Å². The zero-order valence-electron chi connectivity index (χ0n) is 12.6. The van der Waals surface area contributed by atoms with Gasteiger partial charge in [-0.05, 0) is 30.7 Å². The maximum absolute atomic E-state index is 13.2. The number of aryl methyl sites for hydroxylation is 1. The van der Waals surface area contributed by atoms with Gasteiger partial charge in [0.15, 0.2) is 0 Å². The second-order valence-electron chi connectivity index (χ2n) is 5.23. The molecule has 1 aromatic carbocycles. The lowest BCUT2D eigenvalue weighted by Gasteiger charge is -2.12. The van der Waals surface area contributed by atoms with Crippen molar-refractivity contribution in [3.05, 3.63) is 54.0 Å². The van der Waals surface area contributed by atoms with Crippen molar-refractivity contribution in [2.45, 2.75) is 19.6 Å². The Kier molecular flexibility index (Phi) is 3.96. The maximum Gasteiger partial charge on any atom is 0.449 e. The van der Waals surface area contributed by atoms with Gasteiger partial charge in [-0.25, -0.2) is 9.97 Å². The van der Waals surface area contributed by atoms with Crippen LogP contribution in [0.25, 0.3) is 11.0 Å². The molecule has 3 rings (SSSR count). The van der Waals surface area contributed by atoms with Crippen molar-refractivity contribution in [3.63, 3.8) is 0 Å². The zero-order chi connectivity index (χ0) is 17.3. The Hall–Kier alpha value is -2.90. The van der Waals surface area contributed by atoms with E-state index < -0.39 is 24.5 Å². The molecule has 5 nitrogen and oxygen atoms in total. The van der Waals surface area contributed by atoms with Gasteiger partial charge in [0.2, 0.25) is 11.7 Å². The van der Waals surface area contributed by atoms with Crippen LogP contribution in [0.5, 0.6) is 0 Å². The maximum atomic E-state index is 13.2. The highest BCUT2D eigenvalue weighted by Gasteiger charge is 2.38. The van der Waals surface area contributed by atoms with Gasteiger partial charge in [-0.15, -0.1) is 0 Å². The van der Waals surface area contributed by atoms with Crippen LogP contribution in [-0.4, -0.2) is 20.4 Å². The number of carbonyl (C=O) groups excluding carboxylic acids is 1. The molecule has 0 aliphatic rings. The normalized spacial score (nSPS) is 11.7. The first-order valence-electron chi connectivity index (χ1n) is 7.10. The van der Waals surface area contributed by atoms with Gasteiger partial charge >= 0.3 is 6.18 Å². The van der Waals surface area contributed by atoms with Crippen molar-refractivity contribution in [1.29, 1.82) is 0 Å². The van der Waals surface area contributed by atoms with E-state index in [1.165, 1.54) is 18.3 Å². The summed E-state index contributed by atoms with van der Waals surface area (Å²) < 4.78 is 40.5. The third-order valence-corrected chi connectivity index (χ3v) is 3.48. The molecular formula is C16H13F3N4O. The average Bonchev–Trinajstić information content (AvgIpc) is 2.89. The lowest BCUT2D eigenvalue weighted by molar-refractivity contribution is -0.147. The van der Waals surface area contributed by atoms with E-state index in [0.717, 1.165) is 10.1 Å². The predicted octanol–water partition coefficient (Wildman–Crippen LogP) is 3.40. The molecule has 0 saturated heterocycles. The van der Waals surface area contributed by atoms with Crippen LogP contribution in [-0.2, 0) is 17.5 Å². The van der Waals surface area contributed by atoms with Gasteiger partial charge in [0.05, 0.1) is 11.0 Å². The summed E-state index contributed by atoms with van der Waals surface area (Å²) in [4.78, 5) is 19.8. The van der Waals surface area contributed by atoms with Crippen molar-refractivity contribution < 1.29 is 18.0 Å². The molecule has 1 N–H and O–H groups in total. The number of fused-ring (bicyclic) bond motifs is 1. The SMILES string of the molecule is Cc1cccnc1NC(=O)Cn1c(C(F)(F)F)nc2ccccc21. The number of para-hydroxylation sites is 2. The molecule has 0 spiro atoms. The van der Waals surface area contributed by atoms with E-state index >= 15 is 0 Å². The molecule has 8 heteroatoms. The van der Waals surface area contributed by atoms with E-state index in [4.69, 9.17) is 0 Å². The highest BCUT2D eigenvalue weighted by Crippen LogP contribution is 2.31. The summed E-state index contributed by atoms with van der Waals surface area (Å²) in [6.07, 6.45) is -3.16. The molecule has 1 amide bonds. The molecule has 3 aromatic rings. The summed E-state index contributed by atoms with van der Waals surface area (Å²) in [6.45, 7) is 1.24. The van der Waals surface area contributed by atoms with Gasteiger partial charge in [0.25, 0.3) is 0 Å². The van der Waals surface area contributed by atoms with Crippen LogP contribution in [0.4, 0.5) is 19.0 Å². The van der Waals surface area contributed by atoms with Gasteiger partial charge < -0.3 is 9.88 Å². The number of nitrogens with zero attached hydrogens (tertiary/aromatic N) is 3. The van der Waals surface area contributed by atoms with Crippen LogP contribution in [0.3, 0.4) is 0 Å². The number of carbonyl (C=O) groups is 1. The first kappa shape index (κ1) is 16.0. The molecule has 0 saturated carbocycles. The summed E-state index contributed by atoms with van der Waals surface area (Å²) >= 11 is 0. The number of anilines is 1. The number of benzene rings is 1. The standard InChI is InChI=1S/C16H13F3N4O/c1-10-5-4-8-20-14(10)22-13(24)9-23-12-7-3-2-6-11(12)21-15(23)16(17,18)19/h2-8H,9H2,1H3,(H,20,22,24). The number of rotatable bonds is 3. The van der Waals surface area contributed by atoms with Crippen molar-refractivity contribution in [3.8, 4) is 0 Å². The van der Waals surface area contributed by atoms with Crippen LogP contribution >= 0.6 is 0 Å². The number of hydrogen-bond acceptors (Lipinski definition) is 3. The lowest BCUT2D eigenvalue weighted by atomic mass is 10.3. The van der Waals surface area contributed by atoms with E-state index in [0.29, 0.717) is 5.82 Å². The minimum absolute atomic E-state index is 0.187. The summed E-state index contributed by atoms with van der Waals surface area (Å²) in [5, 5.41) is 2.53. The van der Waals surface area contributed by atoms with E-state index in [2.05, 4.69) is 15.3 Å². The third-order valence-electron chi connectivity index (χ3n) is 3.48. The number of aromatic nitrogens is 3. The molecule has 24 heavy (non-hydrogen) atoms. The van der Waals surface area contributed by atoms with E-state index in [9.17, 15) is 18.0 Å². The second-order valence-corrected chi connectivity index (χ2v) is 5.23. The molecule has 0 aliphatic heterocycles. The number of halogens is 3. The van der Waals surface area contributed by atoms with Crippen molar-refractivity contribution in [2.24, 2.45) is 0 Å². The van der Waals surface area contributed by atoms with Crippen LogP contribution in [0.15, 0.2) is 42.6 Å². The molecule has 2 aromatic heterocycles. The minimum Gasteiger partial charge on any atom is -0.311 e. The van der Waals surface area contributed by atoms with E-state index in [-0.39, 0.29) is 11.0 Å². The quantitative estimate of drug-likeness (QED) is 0.799. The fourth-order valence-electron chi connectivity index (χ4n) is 2.38. The molecule has 0 fully saturated rings. The topological polar surface area (TPSA) is 59.8 Å². The number of amides is 1. The Balaban J connectivity index is 1.94. The summed E-state index contributed by atoms with van der Waals surface area (Å²) in [7, 11) is 0.